The lowest BCUT2D eigenvalue weighted by Gasteiger charge is -2.19. The van der Waals surface area contributed by atoms with E-state index in [2.05, 4.69) is 62.0 Å². The summed E-state index contributed by atoms with van der Waals surface area (Å²) >= 11 is 3.43. The van der Waals surface area contributed by atoms with Crippen LogP contribution in [0.25, 0.3) is 0 Å². The van der Waals surface area contributed by atoms with Crippen LogP contribution in [0.5, 0.6) is 0 Å². The monoisotopic (exact) mass is 350 g/mol. The van der Waals surface area contributed by atoms with Crippen LogP contribution in [0.15, 0.2) is 28.9 Å². The largest absolute Gasteiger partial charge is 0.308 e. The van der Waals surface area contributed by atoms with E-state index in [0.29, 0.717) is 0 Å². The van der Waals surface area contributed by atoms with Crippen LogP contribution in [0.2, 0.25) is 0 Å². The average Bonchev–Trinajstić information content (AvgIpc) is 2.86. The molecule has 0 bridgehead atoms. The van der Waals surface area contributed by atoms with E-state index in [0.717, 1.165) is 41.8 Å². The van der Waals surface area contributed by atoms with Crippen LogP contribution in [0.3, 0.4) is 0 Å². The Hall–Kier alpha value is -1.20. The van der Waals surface area contributed by atoms with Crippen molar-refractivity contribution in [2.45, 2.75) is 46.2 Å². The van der Waals surface area contributed by atoms with E-state index in [4.69, 9.17) is 0 Å². The average molecular weight is 351 g/mol. The van der Waals surface area contributed by atoms with Crippen molar-refractivity contribution in [3.8, 4) is 0 Å². The van der Waals surface area contributed by atoms with Gasteiger partial charge in [0.25, 0.3) is 0 Å². The smallest absolute Gasteiger partial charge is 0.0597 e. The number of aromatic nitrogens is 3. The zero-order valence-corrected chi connectivity index (χ0v) is 14.5. The van der Waals surface area contributed by atoms with Crippen molar-refractivity contribution < 1.29 is 0 Å². The van der Waals surface area contributed by atoms with Crippen molar-refractivity contribution in [3.05, 3.63) is 46.0 Å². The van der Waals surface area contributed by atoms with Gasteiger partial charge in [-0.15, -0.1) is 0 Å². The molecule has 0 amide bonds. The Morgan fingerprint density at radius 1 is 1.33 bits per heavy atom. The summed E-state index contributed by atoms with van der Waals surface area (Å²) in [4.78, 5) is 4.50. The van der Waals surface area contributed by atoms with Crippen molar-refractivity contribution in [3.63, 3.8) is 0 Å². The predicted molar refractivity (Wildman–Crippen MR) is 89.3 cm³/mol. The van der Waals surface area contributed by atoms with Gasteiger partial charge in [-0.1, -0.05) is 6.92 Å². The zero-order valence-electron chi connectivity index (χ0n) is 12.9. The van der Waals surface area contributed by atoms with E-state index in [9.17, 15) is 0 Å². The van der Waals surface area contributed by atoms with Crippen LogP contribution in [0.4, 0.5) is 0 Å². The molecular weight excluding hydrogens is 328 g/mol. The van der Waals surface area contributed by atoms with Crippen LogP contribution in [-0.4, -0.2) is 21.3 Å². The topological polar surface area (TPSA) is 42.7 Å². The summed E-state index contributed by atoms with van der Waals surface area (Å²) in [5, 5.41) is 8.19. The highest BCUT2D eigenvalue weighted by Crippen LogP contribution is 2.20. The molecule has 21 heavy (non-hydrogen) atoms. The Labute approximate surface area is 135 Å². The van der Waals surface area contributed by atoms with Crippen LogP contribution >= 0.6 is 15.9 Å². The molecule has 0 aliphatic carbocycles. The molecule has 0 saturated carbocycles. The molecule has 2 aromatic rings. The van der Waals surface area contributed by atoms with Gasteiger partial charge < -0.3 is 5.32 Å². The van der Waals surface area contributed by atoms with Crippen LogP contribution in [-0.2, 0) is 13.0 Å². The Bertz CT molecular complexity index is 562. The number of rotatable bonds is 7. The SMILES string of the molecule is CCCNC(Cc1ccc(Br)cn1)c1cc(C)nn1CC. The Morgan fingerprint density at radius 3 is 2.76 bits per heavy atom. The van der Waals surface area contributed by atoms with Gasteiger partial charge in [0.15, 0.2) is 0 Å². The van der Waals surface area contributed by atoms with Gasteiger partial charge in [-0.25, -0.2) is 0 Å². The summed E-state index contributed by atoms with van der Waals surface area (Å²) < 4.78 is 3.10. The second-order valence-corrected chi connectivity index (χ2v) is 6.12. The first kappa shape index (κ1) is 16.2. The predicted octanol–water partition coefficient (Wildman–Crippen LogP) is 3.65. The number of halogens is 1. The van der Waals surface area contributed by atoms with Crippen molar-refractivity contribution >= 4 is 15.9 Å². The molecule has 0 aliphatic heterocycles. The van der Waals surface area contributed by atoms with E-state index in [1.165, 1.54) is 5.69 Å². The standard InChI is InChI=1S/C16H23BrN4/c1-4-8-18-15(10-14-7-6-13(17)11-19-14)16-9-12(3)20-21(16)5-2/h6-7,9,11,15,18H,4-5,8,10H2,1-3H3. The third-order valence-electron chi connectivity index (χ3n) is 3.43. The van der Waals surface area contributed by atoms with Gasteiger partial charge in [0.2, 0.25) is 0 Å². The first-order chi connectivity index (χ1) is 10.1. The van der Waals surface area contributed by atoms with E-state index in [1.54, 1.807) is 0 Å². The first-order valence-corrected chi connectivity index (χ1v) is 8.31. The number of aryl methyl sites for hydroxylation is 2. The quantitative estimate of drug-likeness (QED) is 0.828. The van der Waals surface area contributed by atoms with Crippen molar-refractivity contribution in [1.29, 1.82) is 0 Å². The van der Waals surface area contributed by atoms with Crippen molar-refractivity contribution in [2.24, 2.45) is 0 Å². The molecule has 1 N–H and O–H groups in total. The van der Waals surface area contributed by atoms with Crippen LogP contribution < -0.4 is 5.32 Å². The molecular formula is C16H23BrN4. The molecule has 1 atom stereocenters. The lowest BCUT2D eigenvalue weighted by Crippen LogP contribution is -2.26. The summed E-state index contributed by atoms with van der Waals surface area (Å²) in [6.07, 6.45) is 3.84. The maximum absolute atomic E-state index is 4.56. The Kier molecular flexibility index (Phi) is 5.94. The highest BCUT2D eigenvalue weighted by Gasteiger charge is 2.17. The molecule has 4 nitrogen and oxygen atoms in total. The van der Waals surface area contributed by atoms with E-state index < -0.39 is 0 Å². The normalized spacial score (nSPS) is 12.6. The van der Waals surface area contributed by atoms with E-state index >= 15 is 0 Å². The molecule has 114 valence electrons. The molecule has 0 radical (unpaired) electrons. The molecule has 2 heterocycles. The van der Waals surface area contributed by atoms with Crippen molar-refractivity contribution in [1.82, 2.24) is 20.1 Å². The van der Waals surface area contributed by atoms with Crippen LogP contribution in [0, 0.1) is 6.92 Å². The molecule has 0 spiro atoms. The summed E-state index contributed by atoms with van der Waals surface area (Å²) in [6.45, 7) is 8.25. The highest BCUT2D eigenvalue weighted by atomic mass is 79.9. The summed E-state index contributed by atoms with van der Waals surface area (Å²) in [5.74, 6) is 0. The Morgan fingerprint density at radius 2 is 2.14 bits per heavy atom. The number of pyridine rings is 1. The fourth-order valence-electron chi connectivity index (χ4n) is 2.44. The third kappa shape index (κ3) is 4.38. The molecule has 0 saturated heterocycles. The molecule has 1 unspecified atom stereocenters. The summed E-state index contributed by atoms with van der Waals surface area (Å²) in [5.41, 5.74) is 3.40. The molecule has 0 aromatic carbocycles. The fourth-order valence-corrected chi connectivity index (χ4v) is 2.67. The van der Waals surface area contributed by atoms with Crippen molar-refractivity contribution in [2.75, 3.05) is 6.54 Å². The van der Waals surface area contributed by atoms with Gasteiger partial charge in [0, 0.05) is 29.3 Å². The van der Waals surface area contributed by atoms with Gasteiger partial charge >= 0.3 is 0 Å². The maximum Gasteiger partial charge on any atom is 0.0597 e. The molecule has 2 rings (SSSR count). The highest BCUT2D eigenvalue weighted by molar-refractivity contribution is 9.10. The minimum absolute atomic E-state index is 0.250. The van der Waals surface area contributed by atoms with Gasteiger partial charge in [-0.3, -0.25) is 9.67 Å². The maximum atomic E-state index is 4.56. The minimum atomic E-state index is 0.250. The minimum Gasteiger partial charge on any atom is -0.308 e. The van der Waals surface area contributed by atoms with E-state index in [1.807, 2.05) is 19.2 Å². The zero-order chi connectivity index (χ0) is 15.2. The van der Waals surface area contributed by atoms with Gasteiger partial charge in [-0.05, 0) is 60.9 Å². The van der Waals surface area contributed by atoms with Gasteiger partial charge in [0.05, 0.1) is 17.4 Å². The molecule has 0 aliphatic rings. The lowest BCUT2D eigenvalue weighted by atomic mass is 10.1. The second kappa shape index (κ2) is 7.71. The molecule has 0 fully saturated rings. The van der Waals surface area contributed by atoms with Gasteiger partial charge in [-0.2, -0.15) is 5.10 Å². The molecule has 5 heteroatoms. The van der Waals surface area contributed by atoms with E-state index in [-0.39, 0.29) is 6.04 Å². The molecule has 2 aromatic heterocycles. The first-order valence-electron chi connectivity index (χ1n) is 7.52. The van der Waals surface area contributed by atoms with Crippen LogP contribution in [0.1, 0.15) is 43.4 Å². The third-order valence-corrected chi connectivity index (χ3v) is 3.90. The second-order valence-electron chi connectivity index (χ2n) is 5.20. The lowest BCUT2D eigenvalue weighted by molar-refractivity contribution is 0.475. The Balaban J connectivity index is 2.22. The number of hydrogen-bond donors (Lipinski definition) is 1. The number of nitrogens with zero attached hydrogens (tertiary/aromatic N) is 3. The summed E-state index contributed by atoms with van der Waals surface area (Å²) in [6, 6.07) is 6.54. The van der Waals surface area contributed by atoms with Gasteiger partial charge in [0.1, 0.15) is 0 Å². The number of hydrogen-bond acceptors (Lipinski definition) is 3. The fraction of sp³-hybridized carbons (Fsp3) is 0.500. The summed E-state index contributed by atoms with van der Waals surface area (Å²) in [7, 11) is 0. The number of nitrogens with one attached hydrogen (secondary N) is 1.